The molecule has 2 aromatic carbocycles. The minimum atomic E-state index is -5.04. The predicted molar refractivity (Wildman–Crippen MR) is 113 cm³/mol. The fraction of sp³-hybridized carbons (Fsp3) is 0.261. The van der Waals surface area contributed by atoms with Gasteiger partial charge in [-0.15, -0.1) is 0 Å². The van der Waals surface area contributed by atoms with Crippen molar-refractivity contribution < 1.29 is 27.6 Å². The number of aromatic nitrogens is 1. The second-order valence-corrected chi connectivity index (χ2v) is 7.73. The summed E-state index contributed by atoms with van der Waals surface area (Å²) in [5, 5.41) is 2.59. The van der Waals surface area contributed by atoms with Gasteiger partial charge in [0.25, 0.3) is 0 Å². The van der Waals surface area contributed by atoms with E-state index in [0.717, 1.165) is 22.2 Å². The highest BCUT2D eigenvalue weighted by atomic mass is 19.4. The Morgan fingerprint density at radius 2 is 1.84 bits per heavy atom. The summed E-state index contributed by atoms with van der Waals surface area (Å²) < 4.78 is 39.2. The van der Waals surface area contributed by atoms with Crippen molar-refractivity contribution in [1.29, 1.82) is 0 Å². The first-order valence-electron chi connectivity index (χ1n) is 10.1. The first-order valence-corrected chi connectivity index (χ1v) is 10.1. The average Bonchev–Trinajstić information content (AvgIpc) is 3.07. The highest BCUT2D eigenvalue weighted by molar-refractivity contribution is 6.03. The van der Waals surface area contributed by atoms with Gasteiger partial charge in [0.1, 0.15) is 0 Å². The molecular formula is C23H20F3N3O3. The van der Waals surface area contributed by atoms with Crippen LogP contribution in [0.5, 0.6) is 0 Å². The van der Waals surface area contributed by atoms with Crippen molar-refractivity contribution in [3.8, 4) is 0 Å². The van der Waals surface area contributed by atoms with Gasteiger partial charge in [0.2, 0.25) is 5.91 Å². The Kier molecular flexibility index (Phi) is 5.60. The van der Waals surface area contributed by atoms with E-state index in [-0.39, 0.29) is 23.6 Å². The molecule has 166 valence electrons. The molecule has 0 fully saturated rings. The quantitative estimate of drug-likeness (QED) is 0.586. The number of benzene rings is 2. The maximum Gasteiger partial charge on any atom is 0.471 e. The van der Waals surface area contributed by atoms with E-state index in [1.165, 1.54) is 24.3 Å². The summed E-state index contributed by atoms with van der Waals surface area (Å²) in [4.78, 5) is 36.6. The lowest BCUT2D eigenvalue weighted by atomic mass is 9.94. The van der Waals surface area contributed by atoms with Crippen molar-refractivity contribution in [2.45, 2.75) is 37.9 Å². The van der Waals surface area contributed by atoms with E-state index in [0.29, 0.717) is 19.3 Å². The third-order valence-electron chi connectivity index (χ3n) is 5.57. The second-order valence-electron chi connectivity index (χ2n) is 7.73. The van der Waals surface area contributed by atoms with E-state index >= 15 is 0 Å². The number of nitrogens with one attached hydrogen (secondary N) is 1. The zero-order valence-electron chi connectivity index (χ0n) is 16.9. The molecule has 0 radical (unpaired) electrons. The van der Waals surface area contributed by atoms with E-state index in [2.05, 4.69) is 0 Å². The zero-order valence-corrected chi connectivity index (χ0v) is 16.9. The number of nitrogens with zero attached hydrogens (tertiary/aromatic N) is 1. The van der Waals surface area contributed by atoms with Crippen LogP contribution in [0.1, 0.15) is 39.3 Å². The van der Waals surface area contributed by atoms with Crippen LogP contribution in [0.25, 0.3) is 10.9 Å². The smallest absolute Gasteiger partial charge is 0.321 e. The fourth-order valence-electron chi connectivity index (χ4n) is 4.13. The van der Waals surface area contributed by atoms with Crippen LogP contribution in [-0.2, 0) is 17.6 Å². The van der Waals surface area contributed by atoms with Crippen molar-refractivity contribution in [2.24, 2.45) is 5.73 Å². The van der Waals surface area contributed by atoms with Crippen molar-refractivity contribution in [3.63, 3.8) is 0 Å². The molecule has 0 aliphatic carbocycles. The fourth-order valence-corrected chi connectivity index (χ4v) is 4.13. The Bertz CT molecular complexity index is 1230. The van der Waals surface area contributed by atoms with Gasteiger partial charge in [-0.25, -0.2) is 0 Å². The molecule has 1 aliphatic rings. The monoisotopic (exact) mass is 443 g/mol. The highest BCUT2D eigenvalue weighted by Gasteiger charge is 2.38. The van der Waals surface area contributed by atoms with Crippen LogP contribution in [-0.4, -0.2) is 34.4 Å². The number of rotatable bonds is 5. The standard InChI is InChI=1S/C23H20F3N3O3/c24-23(25,26)22(32)28-14-6-3-5-13(11-14)21(31)17(27)12-16-15-7-1-2-8-18(15)29-19(16)9-4-10-20(29)30/h1-3,5-8,11,17H,4,9-10,12,27H2,(H,28,32). The van der Waals surface area contributed by atoms with Crippen LogP contribution in [0.4, 0.5) is 18.9 Å². The number of amides is 1. The minimum absolute atomic E-state index is 0.00158. The van der Waals surface area contributed by atoms with Gasteiger partial charge in [0.05, 0.1) is 11.6 Å². The first kappa shape index (κ1) is 21.8. The molecular weight excluding hydrogens is 423 g/mol. The largest absolute Gasteiger partial charge is 0.471 e. The lowest BCUT2D eigenvalue weighted by Crippen LogP contribution is -2.33. The Morgan fingerprint density at radius 3 is 2.59 bits per heavy atom. The lowest BCUT2D eigenvalue weighted by molar-refractivity contribution is -0.167. The van der Waals surface area contributed by atoms with Crippen molar-refractivity contribution in [3.05, 3.63) is 65.4 Å². The van der Waals surface area contributed by atoms with Gasteiger partial charge >= 0.3 is 12.1 Å². The minimum Gasteiger partial charge on any atom is -0.321 e. The van der Waals surface area contributed by atoms with Gasteiger partial charge < -0.3 is 11.1 Å². The highest BCUT2D eigenvalue weighted by Crippen LogP contribution is 2.32. The van der Waals surface area contributed by atoms with Crippen LogP contribution < -0.4 is 11.1 Å². The van der Waals surface area contributed by atoms with Gasteiger partial charge in [-0.1, -0.05) is 30.3 Å². The molecule has 6 nitrogen and oxygen atoms in total. The topological polar surface area (TPSA) is 94.2 Å². The molecule has 1 amide bonds. The second kappa shape index (κ2) is 8.23. The van der Waals surface area contributed by atoms with E-state index in [9.17, 15) is 27.6 Å². The van der Waals surface area contributed by atoms with Gasteiger partial charge in [-0.3, -0.25) is 19.0 Å². The molecule has 0 spiro atoms. The van der Waals surface area contributed by atoms with Crippen LogP contribution in [0.15, 0.2) is 48.5 Å². The van der Waals surface area contributed by atoms with E-state index in [1.54, 1.807) is 9.88 Å². The molecule has 9 heteroatoms. The van der Waals surface area contributed by atoms with E-state index < -0.39 is 23.9 Å². The molecule has 0 saturated heterocycles. The molecule has 1 unspecified atom stereocenters. The van der Waals surface area contributed by atoms with Crippen molar-refractivity contribution in [1.82, 2.24) is 4.57 Å². The van der Waals surface area contributed by atoms with Gasteiger partial charge in [-0.05, 0) is 43.0 Å². The number of halogens is 3. The Labute approximate surface area is 181 Å². The molecule has 2 heterocycles. The maximum absolute atomic E-state index is 12.9. The van der Waals surface area contributed by atoms with E-state index in [4.69, 9.17) is 5.73 Å². The van der Waals surface area contributed by atoms with Gasteiger partial charge in [0, 0.05) is 28.8 Å². The summed E-state index contributed by atoms with van der Waals surface area (Å²) >= 11 is 0. The number of hydrogen-bond acceptors (Lipinski definition) is 4. The Hall–Kier alpha value is -3.46. The van der Waals surface area contributed by atoms with Crippen LogP contribution >= 0.6 is 0 Å². The number of ketones is 1. The van der Waals surface area contributed by atoms with Crippen LogP contribution in [0, 0.1) is 0 Å². The number of nitrogens with two attached hydrogens (primary N) is 1. The lowest BCUT2D eigenvalue weighted by Gasteiger charge is -2.17. The number of carbonyl (C=O) groups excluding carboxylic acids is 3. The third kappa shape index (κ3) is 4.03. The van der Waals surface area contributed by atoms with Gasteiger partial charge in [0.15, 0.2) is 5.78 Å². The number of anilines is 1. The molecule has 0 bridgehead atoms. The maximum atomic E-state index is 12.9. The predicted octanol–water partition coefficient (Wildman–Crippen LogP) is 3.87. The molecule has 32 heavy (non-hydrogen) atoms. The molecule has 4 rings (SSSR count). The molecule has 1 atom stereocenters. The number of para-hydroxylation sites is 1. The number of alkyl halides is 3. The van der Waals surface area contributed by atoms with Crippen molar-refractivity contribution >= 4 is 34.2 Å². The number of carbonyl (C=O) groups is 3. The number of hydrogen-bond donors (Lipinski definition) is 2. The summed E-state index contributed by atoms with van der Waals surface area (Å²) in [6, 6.07) is 11.7. The zero-order chi connectivity index (χ0) is 23.0. The number of Topliss-reactive ketones (excluding diaryl/α,β-unsaturated/α-hetero) is 1. The molecule has 0 saturated carbocycles. The van der Waals surface area contributed by atoms with E-state index in [1.807, 2.05) is 24.3 Å². The molecule has 1 aliphatic heterocycles. The van der Waals surface area contributed by atoms with Crippen LogP contribution in [0.3, 0.4) is 0 Å². The summed E-state index contributed by atoms with van der Waals surface area (Å²) in [5.74, 6) is -2.59. The summed E-state index contributed by atoms with van der Waals surface area (Å²) in [7, 11) is 0. The number of fused-ring (bicyclic) bond motifs is 3. The van der Waals surface area contributed by atoms with Crippen LogP contribution in [0.2, 0.25) is 0 Å². The molecule has 1 aromatic heterocycles. The summed E-state index contributed by atoms with van der Waals surface area (Å²) in [6.45, 7) is 0. The Balaban J connectivity index is 1.61. The first-order chi connectivity index (χ1) is 15.2. The summed E-state index contributed by atoms with van der Waals surface area (Å²) in [6.07, 6.45) is -3.01. The average molecular weight is 443 g/mol. The third-order valence-corrected chi connectivity index (χ3v) is 5.57. The Morgan fingerprint density at radius 1 is 1.09 bits per heavy atom. The normalized spacial score (nSPS) is 14.8. The molecule has 3 aromatic rings. The van der Waals surface area contributed by atoms with Crippen molar-refractivity contribution in [2.75, 3.05) is 5.32 Å². The summed E-state index contributed by atoms with van der Waals surface area (Å²) in [5.41, 5.74) is 8.60. The van der Waals surface area contributed by atoms with Gasteiger partial charge in [-0.2, -0.15) is 13.2 Å². The molecule has 3 N–H and O–H groups in total. The SMILES string of the molecule is NC(Cc1c2n(c3ccccc13)C(=O)CCC2)C(=O)c1cccc(NC(=O)C(F)(F)F)c1.